The largest absolute Gasteiger partial charge is 0.493 e. The maximum absolute atomic E-state index is 13.9. The molecule has 0 aliphatic carbocycles. The summed E-state index contributed by atoms with van der Waals surface area (Å²) in [5, 5.41) is 12.4. The first-order chi connectivity index (χ1) is 14.0. The van der Waals surface area contributed by atoms with Gasteiger partial charge in [-0.15, -0.1) is 0 Å². The summed E-state index contributed by atoms with van der Waals surface area (Å²) in [6, 6.07) is 16.9. The second-order valence-corrected chi connectivity index (χ2v) is 6.52. The number of hydrogen-bond donors (Lipinski definition) is 2. The number of anilines is 1. The average molecular weight is 395 g/mol. The Bertz CT molecular complexity index is 1020. The molecule has 0 amide bonds. The zero-order valence-corrected chi connectivity index (χ0v) is 16.2. The Morgan fingerprint density at radius 3 is 2.52 bits per heavy atom. The highest BCUT2D eigenvalue weighted by Gasteiger charge is 2.13. The molecule has 150 valence electrons. The van der Waals surface area contributed by atoms with E-state index in [1.165, 1.54) is 6.07 Å². The molecule has 0 aromatic heterocycles. The lowest BCUT2D eigenvalue weighted by Gasteiger charge is -2.17. The summed E-state index contributed by atoms with van der Waals surface area (Å²) in [6.07, 6.45) is 0. The number of carboxylic acid groups (broad SMARTS) is 1. The first kappa shape index (κ1) is 20.2. The fourth-order valence-electron chi connectivity index (χ4n) is 2.98. The van der Waals surface area contributed by atoms with Gasteiger partial charge in [0.05, 0.1) is 12.7 Å². The first-order valence-electron chi connectivity index (χ1n) is 9.09. The molecule has 0 unspecified atom stereocenters. The molecular formula is C23H22FNO4. The molecule has 6 heteroatoms. The van der Waals surface area contributed by atoms with Crippen LogP contribution < -0.4 is 14.8 Å². The van der Waals surface area contributed by atoms with Crippen molar-refractivity contribution in [2.45, 2.75) is 20.1 Å². The van der Waals surface area contributed by atoms with E-state index in [4.69, 9.17) is 14.6 Å². The lowest BCUT2D eigenvalue weighted by molar-refractivity contribution is 0.0697. The normalized spacial score (nSPS) is 10.4. The summed E-state index contributed by atoms with van der Waals surface area (Å²) in [5.41, 5.74) is 3.17. The van der Waals surface area contributed by atoms with Crippen LogP contribution >= 0.6 is 0 Å². The van der Waals surface area contributed by atoms with Gasteiger partial charge in [0, 0.05) is 23.4 Å². The number of carbonyl (C=O) groups is 1. The number of aryl methyl sites for hydroxylation is 1. The van der Waals surface area contributed by atoms with Gasteiger partial charge in [0.15, 0.2) is 11.5 Å². The minimum absolute atomic E-state index is 0.0758. The molecule has 0 saturated heterocycles. The van der Waals surface area contributed by atoms with Crippen molar-refractivity contribution in [2.75, 3.05) is 12.4 Å². The number of nitrogens with one attached hydrogen (secondary N) is 1. The molecule has 3 aromatic rings. The molecule has 3 rings (SSSR count). The molecule has 5 nitrogen and oxygen atoms in total. The number of para-hydroxylation sites is 1. The Morgan fingerprint density at radius 2 is 1.83 bits per heavy atom. The van der Waals surface area contributed by atoms with E-state index < -0.39 is 5.97 Å². The van der Waals surface area contributed by atoms with E-state index in [-0.39, 0.29) is 18.0 Å². The zero-order chi connectivity index (χ0) is 20.8. The van der Waals surface area contributed by atoms with Gasteiger partial charge in [-0.2, -0.15) is 0 Å². The van der Waals surface area contributed by atoms with Crippen molar-refractivity contribution < 1.29 is 23.8 Å². The monoisotopic (exact) mass is 395 g/mol. The molecule has 0 bridgehead atoms. The molecule has 2 N–H and O–H groups in total. The van der Waals surface area contributed by atoms with E-state index in [0.29, 0.717) is 23.6 Å². The van der Waals surface area contributed by atoms with Crippen LogP contribution in [0.15, 0.2) is 60.7 Å². The molecule has 0 atom stereocenters. The number of halogens is 1. The molecule has 0 heterocycles. The molecule has 0 radical (unpaired) electrons. The average Bonchev–Trinajstić information content (AvgIpc) is 2.72. The number of rotatable bonds is 8. The summed E-state index contributed by atoms with van der Waals surface area (Å²) < 4.78 is 25.2. The Kier molecular flexibility index (Phi) is 6.34. The zero-order valence-electron chi connectivity index (χ0n) is 16.2. The third-order valence-electron chi connectivity index (χ3n) is 4.55. The van der Waals surface area contributed by atoms with Crippen molar-refractivity contribution in [1.29, 1.82) is 0 Å². The van der Waals surface area contributed by atoms with Crippen LogP contribution in [-0.4, -0.2) is 18.2 Å². The van der Waals surface area contributed by atoms with Crippen LogP contribution in [0.4, 0.5) is 10.1 Å². The fourth-order valence-corrected chi connectivity index (χ4v) is 2.98. The minimum atomic E-state index is -0.962. The Balaban J connectivity index is 1.79. The third kappa shape index (κ3) is 4.85. The number of hydrogen-bond acceptors (Lipinski definition) is 4. The molecule has 29 heavy (non-hydrogen) atoms. The highest BCUT2D eigenvalue weighted by Crippen LogP contribution is 2.33. The smallest absolute Gasteiger partial charge is 0.335 e. The van der Waals surface area contributed by atoms with Gasteiger partial charge in [-0.3, -0.25) is 0 Å². The summed E-state index contributed by atoms with van der Waals surface area (Å²) in [7, 11) is 1.55. The van der Waals surface area contributed by atoms with Gasteiger partial charge in [-0.05, 0) is 42.8 Å². The van der Waals surface area contributed by atoms with Crippen LogP contribution in [0.25, 0.3) is 0 Å². The van der Waals surface area contributed by atoms with Crippen LogP contribution in [0.3, 0.4) is 0 Å². The standard InChI is InChI=1S/C23H22FNO4/c1-15-12-16(23(26)27)10-11-20(15)25-13-17-7-5-9-21(28-2)22(17)29-14-18-6-3-4-8-19(18)24/h3-12,25H,13-14H2,1-2H3,(H,26,27). The predicted molar refractivity (Wildman–Crippen MR) is 109 cm³/mol. The van der Waals surface area contributed by atoms with Gasteiger partial charge >= 0.3 is 5.97 Å². The highest BCUT2D eigenvalue weighted by atomic mass is 19.1. The van der Waals surface area contributed by atoms with E-state index in [1.807, 2.05) is 19.1 Å². The van der Waals surface area contributed by atoms with Crippen molar-refractivity contribution in [3.63, 3.8) is 0 Å². The molecule has 0 fully saturated rings. The Hall–Kier alpha value is -3.54. The highest BCUT2D eigenvalue weighted by molar-refractivity contribution is 5.88. The van der Waals surface area contributed by atoms with Gasteiger partial charge < -0.3 is 19.9 Å². The maximum Gasteiger partial charge on any atom is 0.335 e. The first-order valence-corrected chi connectivity index (χ1v) is 9.09. The number of ether oxygens (including phenoxy) is 2. The number of carboxylic acids is 1. The number of benzene rings is 3. The maximum atomic E-state index is 13.9. The van der Waals surface area contributed by atoms with Crippen molar-refractivity contribution >= 4 is 11.7 Å². The predicted octanol–water partition coefficient (Wildman–Crippen LogP) is 5.03. The molecular weight excluding hydrogens is 373 g/mol. The van der Waals surface area contributed by atoms with Crippen LogP contribution in [-0.2, 0) is 13.2 Å². The second-order valence-electron chi connectivity index (χ2n) is 6.52. The topological polar surface area (TPSA) is 67.8 Å². The molecule has 3 aromatic carbocycles. The Labute approximate surface area is 168 Å². The van der Waals surface area contributed by atoms with Gasteiger partial charge in [-0.25, -0.2) is 9.18 Å². The van der Waals surface area contributed by atoms with Gasteiger partial charge in [0.2, 0.25) is 0 Å². The second kappa shape index (κ2) is 9.10. The molecule has 0 aliphatic heterocycles. The van der Waals surface area contributed by atoms with Crippen LogP contribution in [0.1, 0.15) is 27.0 Å². The third-order valence-corrected chi connectivity index (χ3v) is 4.55. The van der Waals surface area contributed by atoms with E-state index in [1.54, 1.807) is 49.6 Å². The van der Waals surface area contributed by atoms with Gasteiger partial charge in [0.1, 0.15) is 12.4 Å². The molecule has 0 spiro atoms. The van der Waals surface area contributed by atoms with E-state index in [9.17, 15) is 9.18 Å². The van der Waals surface area contributed by atoms with Crippen LogP contribution in [0, 0.1) is 12.7 Å². The fraction of sp³-hybridized carbons (Fsp3) is 0.174. The van der Waals surface area contributed by atoms with Gasteiger partial charge in [-0.1, -0.05) is 30.3 Å². The van der Waals surface area contributed by atoms with E-state index in [0.717, 1.165) is 16.8 Å². The SMILES string of the molecule is COc1cccc(CNc2ccc(C(=O)O)cc2C)c1OCc1ccccc1F. The number of aromatic carboxylic acids is 1. The van der Waals surface area contributed by atoms with Crippen molar-refractivity contribution in [3.05, 3.63) is 88.7 Å². The van der Waals surface area contributed by atoms with E-state index in [2.05, 4.69) is 5.32 Å². The summed E-state index contributed by atoms with van der Waals surface area (Å²) in [6.45, 7) is 2.35. The minimum Gasteiger partial charge on any atom is -0.493 e. The summed E-state index contributed by atoms with van der Waals surface area (Å²) in [4.78, 5) is 11.1. The molecule has 0 saturated carbocycles. The number of methoxy groups -OCH3 is 1. The quantitative estimate of drug-likeness (QED) is 0.560. The van der Waals surface area contributed by atoms with Crippen molar-refractivity contribution in [2.24, 2.45) is 0 Å². The molecule has 0 aliphatic rings. The van der Waals surface area contributed by atoms with Crippen LogP contribution in [0.5, 0.6) is 11.5 Å². The lowest BCUT2D eigenvalue weighted by Crippen LogP contribution is -2.07. The Morgan fingerprint density at radius 1 is 1.07 bits per heavy atom. The van der Waals surface area contributed by atoms with Crippen molar-refractivity contribution in [1.82, 2.24) is 0 Å². The summed E-state index contributed by atoms with van der Waals surface area (Å²) in [5.74, 6) is -0.198. The van der Waals surface area contributed by atoms with E-state index >= 15 is 0 Å². The lowest BCUT2D eigenvalue weighted by atomic mass is 10.1. The van der Waals surface area contributed by atoms with Crippen LogP contribution in [0.2, 0.25) is 0 Å². The van der Waals surface area contributed by atoms with Gasteiger partial charge in [0.25, 0.3) is 0 Å². The summed E-state index contributed by atoms with van der Waals surface area (Å²) >= 11 is 0. The van der Waals surface area contributed by atoms with Crippen molar-refractivity contribution in [3.8, 4) is 11.5 Å².